The number of benzene rings is 1. The summed E-state index contributed by atoms with van der Waals surface area (Å²) >= 11 is 6.11. The third-order valence-corrected chi connectivity index (χ3v) is 6.14. The number of hydrogen-bond acceptors (Lipinski definition) is 7. The zero-order chi connectivity index (χ0) is 20.5. The van der Waals surface area contributed by atoms with Crippen molar-refractivity contribution in [3.63, 3.8) is 0 Å². The summed E-state index contributed by atoms with van der Waals surface area (Å²) in [6.07, 6.45) is 1.92. The number of rotatable bonds is 5. The molecule has 5 rings (SSSR count). The number of hydrogen-bond donors (Lipinski definition) is 1. The summed E-state index contributed by atoms with van der Waals surface area (Å²) in [5.74, 6) is 1.85. The predicted octanol–water partition coefficient (Wildman–Crippen LogP) is 3.15. The van der Waals surface area contributed by atoms with Crippen molar-refractivity contribution in [3.8, 4) is 5.88 Å². The number of pyridine rings is 1. The third kappa shape index (κ3) is 3.87. The number of aromatic nitrogens is 3. The van der Waals surface area contributed by atoms with Crippen molar-refractivity contribution in [2.75, 3.05) is 42.6 Å². The van der Waals surface area contributed by atoms with Gasteiger partial charge in [-0.1, -0.05) is 29.8 Å². The largest absolute Gasteiger partial charge is 0.468 e. The average molecular weight is 426 g/mol. The molecule has 2 saturated heterocycles. The maximum absolute atomic E-state index is 9.39. The van der Waals surface area contributed by atoms with E-state index >= 15 is 0 Å². The molecule has 0 amide bonds. The van der Waals surface area contributed by atoms with E-state index in [2.05, 4.69) is 38.2 Å². The molecule has 0 bridgehead atoms. The molecule has 0 radical (unpaired) electrons. The topological polar surface area (TPSA) is 74.6 Å². The molecule has 8 heteroatoms. The lowest BCUT2D eigenvalue weighted by Gasteiger charge is -2.40. The van der Waals surface area contributed by atoms with Crippen LogP contribution < -0.4 is 14.5 Å². The van der Waals surface area contributed by atoms with Gasteiger partial charge in [-0.05, 0) is 37.0 Å². The number of anilines is 2. The van der Waals surface area contributed by atoms with Crippen molar-refractivity contribution in [2.24, 2.45) is 5.92 Å². The summed E-state index contributed by atoms with van der Waals surface area (Å²) in [6.45, 7) is 3.44. The van der Waals surface area contributed by atoms with Crippen LogP contribution in [0.3, 0.4) is 0 Å². The van der Waals surface area contributed by atoms with E-state index in [-0.39, 0.29) is 12.7 Å². The molecule has 0 saturated carbocycles. The average Bonchev–Trinajstić information content (AvgIpc) is 2.76. The number of fused-ring (bicyclic) bond motifs is 1. The van der Waals surface area contributed by atoms with Gasteiger partial charge in [0, 0.05) is 31.1 Å². The van der Waals surface area contributed by atoms with Crippen LogP contribution in [-0.2, 0) is 0 Å². The highest BCUT2D eigenvalue weighted by atomic mass is 35.5. The first-order chi connectivity index (χ1) is 14.7. The SMILES string of the molecule is OCC1CCN(c2cc(Cl)nnc2OC2CN(c3ccc4ccccc4n3)C2)CC1. The Morgan fingerprint density at radius 3 is 2.63 bits per heavy atom. The molecule has 4 heterocycles. The summed E-state index contributed by atoms with van der Waals surface area (Å²) in [6, 6.07) is 14.1. The number of halogens is 1. The highest BCUT2D eigenvalue weighted by Crippen LogP contribution is 2.33. The summed E-state index contributed by atoms with van der Waals surface area (Å²) in [5, 5.41) is 19.1. The van der Waals surface area contributed by atoms with Crippen molar-refractivity contribution in [2.45, 2.75) is 18.9 Å². The molecule has 0 unspecified atom stereocenters. The van der Waals surface area contributed by atoms with Crippen LogP contribution in [0.25, 0.3) is 10.9 Å². The van der Waals surface area contributed by atoms with E-state index in [4.69, 9.17) is 21.3 Å². The molecule has 0 aliphatic carbocycles. The van der Waals surface area contributed by atoms with Gasteiger partial charge in [-0.2, -0.15) is 0 Å². The second-order valence-electron chi connectivity index (χ2n) is 7.98. The maximum atomic E-state index is 9.39. The van der Waals surface area contributed by atoms with Gasteiger partial charge < -0.3 is 19.6 Å². The normalized spacial score (nSPS) is 17.9. The Hall–Kier alpha value is -2.64. The standard InChI is InChI=1S/C22H24ClN5O2/c23-20-11-19(27-9-7-15(14-29)8-10-27)22(26-25-20)30-17-12-28(13-17)21-6-5-16-3-1-2-4-18(16)24-21/h1-6,11,15,17,29H,7-10,12-14H2. The lowest BCUT2D eigenvalue weighted by molar-refractivity contribution is 0.158. The van der Waals surface area contributed by atoms with E-state index in [9.17, 15) is 5.11 Å². The van der Waals surface area contributed by atoms with Crippen LogP contribution in [0.5, 0.6) is 5.88 Å². The van der Waals surface area contributed by atoms with Gasteiger partial charge in [0.25, 0.3) is 5.88 Å². The van der Waals surface area contributed by atoms with Crippen LogP contribution >= 0.6 is 11.6 Å². The number of piperidine rings is 1. The molecule has 0 spiro atoms. The van der Waals surface area contributed by atoms with E-state index < -0.39 is 0 Å². The summed E-state index contributed by atoms with van der Waals surface area (Å²) in [4.78, 5) is 9.18. The number of para-hydroxylation sites is 1. The van der Waals surface area contributed by atoms with Gasteiger partial charge in [-0.15, -0.1) is 10.2 Å². The predicted molar refractivity (Wildman–Crippen MR) is 117 cm³/mol. The lowest BCUT2D eigenvalue weighted by atomic mass is 9.97. The highest BCUT2D eigenvalue weighted by molar-refractivity contribution is 6.29. The Kier molecular flexibility index (Phi) is 5.31. The zero-order valence-corrected chi connectivity index (χ0v) is 17.4. The fourth-order valence-electron chi connectivity index (χ4n) is 4.10. The van der Waals surface area contributed by atoms with Crippen molar-refractivity contribution in [3.05, 3.63) is 47.6 Å². The van der Waals surface area contributed by atoms with Crippen LogP contribution in [0.4, 0.5) is 11.5 Å². The van der Waals surface area contributed by atoms with Crippen LogP contribution in [0.15, 0.2) is 42.5 Å². The van der Waals surface area contributed by atoms with Crippen molar-refractivity contribution in [1.29, 1.82) is 0 Å². The van der Waals surface area contributed by atoms with Crippen molar-refractivity contribution < 1.29 is 9.84 Å². The first kappa shape index (κ1) is 19.3. The smallest absolute Gasteiger partial charge is 0.257 e. The third-order valence-electron chi connectivity index (χ3n) is 5.96. The van der Waals surface area contributed by atoms with Gasteiger partial charge in [0.1, 0.15) is 17.6 Å². The Labute approximate surface area is 180 Å². The molecule has 1 N–H and O–H groups in total. The molecule has 2 aliphatic heterocycles. The molecular formula is C22H24ClN5O2. The minimum Gasteiger partial charge on any atom is -0.468 e. The fraction of sp³-hybridized carbons (Fsp3) is 0.409. The molecule has 0 atom stereocenters. The molecule has 1 aromatic carbocycles. The molecule has 156 valence electrons. The second kappa shape index (κ2) is 8.24. The first-order valence-corrected chi connectivity index (χ1v) is 10.7. The van der Waals surface area contributed by atoms with Crippen molar-refractivity contribution in [1.82, 2.24) is 15.2 Å². The fourth-order valence-corrected chi connectivity index (χ4v) is 4.24. The molecule has 30 heavy (non-hydrogen) atoms. The lowest BCUT2D eigenvalue weighted by Crippen LogP contribution is -2.54. The van der Waals surface area contributed by atoms with Crippen LogP contribution in [-0.4, -0.2) is 59.2 Å². The summed E-state index contributed by atoms with van der Waals surface area (Å²) in [7, 11) is 0. The van der Waals surface area contributed by atoms with Gasteiger partial charge in [0.2, 0.25) is 0 Å². The van der Waals surface area contributed by atoms with Crippen LogP contribution in [0.1, 0.15) is 12.8 Å². The zero-order valence-electron chi connectivity index (χ0n) is 16.6. The Morgan fingerprint density at radius 2 is 1.83 bits per heavy atom. The van der Waals surface area contributed by atoms with E-state index in [0.717, 1.165) is 61.4 Å². The number of aliphatic hydroxyl groups excluding tert-OH is 1. The number of nitrogens with zero attached hydrogens (tertiary/aromatic N) is 5. The van der Waals surface area contributed by atoms with E-state index in [0.29, 0.717) is 17.0 Å². The molecule has 3 aromatic rings. The monoisotopic (exact) mass is 425 g/mol. The molecule has 2 aliphatic rings. The summed E-state index contributed by atoms with van der Waals surface area (Å²) < 4.78 is 6.19. The van der Waals surface area contributed by atoms with E-state index in [1.54, 1.807) is 0 Å². The van der Waals surface area contributed by atoms with Gasteiger partial charge >= 0.3 is 0 Å². The second-order valence-corrected chi connectivity index (χ2v) is 8.36. The van der Waals surface area contributed by atoms with Crippen molar-refractivity contribution >= 4 is 34.0 Å². The molecule has 2 aromatic heterocycles. The molecular weight excluding hydrogens is 402 g/mol. The first-order valence-electron chi connectivity index (χ1n) is 10.4. The minimum atomic E-state index is 0.0301. The molecule has 2 fully saturated rings. The van der Waals surface area contributed by atoms with E-state index in [1.165, 1.54) is 0 Å². The highest BCUT2D eigenvalue weighted by Gasteiger charge is 2.32. The Morgan fingerprint density at radius 1 is 1.03 bits per heavy atom. The Balaban J connectivity index is 1.26. The number of aliphatic hydroxyl groups is 1. The van der Waals surface area contributed by atoms with Crippen LogP contribution in [0.2, 0.25) is 5.15 Å². The molecule has 7 nitrogen and oxygen atoms in total. The van der Waals surface area contributed by atoms with Crippen LogP contribution in [0, 0.1) is 5.92 Å². The van der Waals surface area contributed by atoms with Gasteiger partial charge in [-0.25, -0.2) is 4.98 Å². The Bertz CT molecular complexity index is 1030. The number of ether oxygens (including phenoxy) is 1. The quantitative estimate of drug-likeness (QED) is 0.673. The minimum absolute atomic E-state index is 0.0301. The van der Waals surface area contributed by atoms with Gasteiger partial charge in [-0.3, -0.25) is 0 Å². The maximum Gasteiger partial charge on any atom is 0.257 e. The van der Waals surface area contributed by atoms with Gasteiger partial charge in [0.15, 0.2) is 5.15 Å². The van der Waals surface area contributed by atoms with Gasteiger partial charge in [0.05, 0.1) is 18.6 Å². The van der Waals surface area contributed by atoms with E-state index in [1.807, 2.05) is 24.3 Å². The summed E-state index contributed by atoms with van der Waals surface area (Å²) in [5.41, 5.74) is 1.88.